The fourth-order valence-electron chi connectivity index (χ4n) is 3.75. The summed E-state index contributed by atoms with van der Waals surface area (Å²) in [7, 11) is 0. The van der Waals surface area contributed by atoms with Gasteiger partial charge in [-0.2, -0.15) is 0 Å². The van der Waals surface area contributed by atoms with Gasteiger partial charge in [0.2, 0.25) is 0 Å². The van der Waals surface area contributed by atoms with Crippen LogP contribution in [0.5, 0.6) is 11.5 Å². The Labute approximate surface area is 204 Å². The molecule has 4 rings (SSSR count). The van der Waals surface area contributed by atoms with Gasteiger partial charge in [-0.15, -0.1) is 0 Å². The SMILES string of the molecule is Cc1cc(Sc2cc(OCCN3CCOCC3)cc(-c3ccccc3)c2)ccc1OCC(=O)O. The summed E-state index contributed by atoms with van der Waals surface area (Å²) in [6.07, 6.45) is 0. The van der Waals surface area contributed by atoms with Gasteiger partial charge in [0, 0.05) is 29.4 Å². The highest BCUT2D eigenvalue weighted by atomic mass is 32.2. The Balaban J connectivity index is 1.50. The second-order valence-corrected chi connectivity index (χ2v) is 9.22. The van der Waals surface area contributed by atoms with Gasteiger partial charge in [0.1, 0.15) is 18.1 Å². The summed E-state index contributed by atoms with van der Waals surface area (Å²) in [5, 5.41) is 8.85. The first-order chi connectivity index (χ1) is 16.6. The minimum Gasteiger partial charge on any atom is -0.492 e. The second-order valence-electron chi connectivity index (χ2n) is 8.07. The monoisotopic (exact) mass is 479 g/mol. The lowest BCUT2D eigenvalue weighted by Crippen LogP contribution is -2.38. The van der Waals surface area contributed by atoms with Gasteiger partial charge in [-0.3, -0.25) is 4.90 Å². The van der Waals surface area contributed by atoms with Crippen LogP contribution < -0.4 is 9.47 Å². The maximum atomic E-state index is 10.8. The molecule has 34 heavy (non-hydrogen) atoms. The number of hydrogen-bond donors (Lipinski definition) is 1. The lowest BCUT2D eigenvalue weighted by Gasteiger charge is -2.26. The molecule has 1 saturated heterocycles. The highest BCUT2D eigenvalue weighted by Gasteiger charge is 2.12. The number of ether oxygens (including phenoxy) is 3. The first kappa shape index (κ1) is 24.1. The number of carboxylic acid groups (broad SMARTS) is 1. The molecule has 0 amide bonds. The molecule has 1 N–H and O–H groups in total. The van der Waals surface area contributed by atoms with E-state index in [1.807, 2.05) is 43.3 Å². The number of aryl methyl sites for hydroxylation is 1. The van der Waals surface area contributed by atoms with E-state index in [0.29, 0.717) is 12.4 Å². The fraction of sp³-hybridized carbons (Fsp3) is 0.296. The van der Waals surface area contributed by atoms with Crippen LogP contribution in [0.3, 0.4) is 0 Å². The Morgan fingerprint density at radius 2 is 1.76 bits per heavy atom. The second kappa shape index (κ2) is 11.9. The van der Waals surface area contributed by atoms with Crippen LogP contribution in [0.25, 0.3) is 11.1 Å². The van der Waals surface area contributed by atoms with Gasteiger partial charge < -0.3 is 19.3 Å². The molecule has 7 heteroatoms. The molecule has 3 aromatic carbocycles. The van der Waals surface area contributed by atoms with E-state index < -0.39 is 5.97 Å². The Morgan fingerprint density at radius 3 is 2.50 bits per heavy atom. The summed E-state index contributed by atoms with van der Waals surface area (Å²) in [5.41, 5.74) is 3.13. The molecule has 0 atom stereocenters. The zero-order valence-corrected chi connectivity index (χ0v) is 20.1. The predicted molar refractivity (Wildman–Crippen MR) is 133 cm³/mol. The maximum absolute atomic E-state index is 10.8. The smallest absolute Gasteiger partial charge is 0.341 e. The quantitative estimate of drug-likeness (QED) is 0.439. The van der Waals surface area contributed by atoms with Gasteiger partial charge in [-0.05, 0) is 60.0 Å². The third-order valence-corrected chi connectivity index (χ3v) is 6.46. The lowest BCUT2D eigenvalue weighted by atomic mass is 10.1. The number of benzene rings is 3. The number of carbonyl (C=O) groups is 1. The summed E-state index contributed by atoms with van der Waals surface area (Å²) in [6, 6.07) is 22.4. The Bertz CT molecular complexity index is 1100. The summed E-state index contributed by atoms with van der Waals surface area (Å²) in [5.74, 6) is 0.434. The van der Waals surface area contributed by atoms with Crippen molar-refractivity contribution in [2.24, 2.45) is 0 Å². The molecular weight excluding hydrogens is 450 g/mol. The number of aliphatic carboxylic acids is 1. The predicted octanol–water partition coefficient (Wildman–Crippen LogP) is 4.99. The summed E-state index contributed by atoms with van der Waals surface area (Å²) in [6.45, 7) is 6.52. The molecule has 0 spiro atoms. The largest absolute Gasteiger partial charge is 0.492 e. The summed E-state index contributed by atoms with van der Waals surface area (Å²) < 4.78 is 17.0. The van der Waals surface area contributed by atoms with Gasteiger partial charge in [-0.1, -0.05) is 42.1 Å². The molecule has 3 aromatic rings. The normalized spacial score (nSPS) is 14.0. The van der Waals surface area contributed by atoms with Crippen LogP contribution in [-0.2, 0) is 9.53 Å². The van der Waals surface area contributed by atoms with E-state index in [2.05, 4.69) is 35.2 Å². The van der Waals surface area contributed by atoms with Crippen molar-refractivity contribution in [1.29, 1.82) is 0 Å². The maximum Gasteiger partial charge on any atom is 0.341 e. The van der Waals surface area contributed by atoms with Crippen molar-refractivity contribution in [2.45, 2.75) is 16.7 Å². The van der Waals surface area contributed by atoms with Crippen LogP contribution in [0.4, 0.5) is 0 Å². The van der Waals surface area contributed by atoms with Gasteiger partial charge in [0.25, 0.3) is 0 Å². The Morgan fingerprint density at radius 1 is 0.971 bits per heavy atom. The summed E-state index contributed by atoms with van der Waals surface area (Å²) >= 11 is 1.64. The molecule has 1 heterocycles. The van der Waals surface area contributed by atoms with Crippen molar-refractivity contribution in [3.8, 4) is 22.6 Å². The average molecular weight is 480 g/mol. The first-order valence-corrected chi connectivity index (χ1v) is 12.1. The molecule has 0 radical (unpaired) electrons. The standard InChI is InChI=1S/C27H29NO5S/c1-20-15-24(7-8-26(20)33-19-27(29)30)34-25-17-22(21-5-3-2-4-6-21)16-23(18-25)32-14-11-28-9-12-31-13-10-28/h2-8,15-18H,9-14,19H2,1H3,(H,29,30). The van der Waals surface area contributed by atoms with E-state index in [1.165, 1.54) is 0 Å². The van der Waals surface area contributed by atoms with Crippen molar-refractivity contribution < 1.29 is 24.1 Å². The molecule has 1 aliphatic heterocycles. The van der Waals surface area contributed by atoms with Crippen LogP contribution in [-0.4, -0.2) is 62.0 Å². The minimum atomic E-state index is -0.989. The van der Waals surface area contributed by atoms with Crippen molar-refractivity contribution in [1.82, 2.24) is 4.90 Å². The van der Waals surface area contributed by atoms with Crippen molar-refractivity contribution in [3.05, 3.63) is 72.3 Å². The Kier molecular flexibility index (Phi) is 8.46. The van der Waals surface area contributed by atoms with Gasteiger partial charge >= 0.3 is 5.97 Å². The highest BCUT2D eigenvalue weighted by molar-refractivity contribution is 7.99. The van der Waals surface area contributed by atoms with Gasteiger partial charge in [-0.25, -0.2) is 4.79 Å². The molecule has 0 aromatic heterocycles. The van der Waals surface area contributed by atoms with Crippen LogP contribution in [0.1, 0.15) is 5.56 Å². The zero-order valence-electron chi connectivity index (χ0n) is 19.2. The van der Waals surface area contributed by atoms with E-state index in [4.69, 9.17) is 19.3 Å². The number of morpholine rings is 1. The highest BCUT2D eigenvalue weighted by Crippen LogP contribution is 2.36. The molecule has 178 valence electrons. The summed E-state index contributed by atoms with van der Waals surface area (Å²) in [4.78, 5) is 15.3. The number of hydrogen-bond acceptors (Lipinski definition) is 6. The van der Waals surface area contributed by atoms with Crippen molar-refractivity contribution >= 4 is 17.7 Å². The number of carboxylic acids is 1. The molecule has 0 unspecified atom stereocenters. The minimum absolute atomic E-state index is 0.350. The lowest BCUT2D eigenvalue weighted by molar-refractivity contribution is -0.139. The van der Waals surface area contributed by atoms with Crippen LogP contribution >= 0.6 is 11.8 Å². The van der Waals surface area contributed by atoms with E-state index in [0.717, 1.165) is 65.1 Å². The third-order valence-electron chi connectivity index (χ3n) is 5.50. The van der Waals surface area contributed by atoms with E-state index in [-0.39, 0.29) is 6.61 Å². The molecule has 1 aliphatic rings. The fourth-order valence-corrected chi connectivity index (χ4v) is 4.76. The zero-order chi connectivity index (χ0) is 23.8. The molecule has 0 bridgehead atoms. The van der Waals surface area contributed by atoms with Crippen LogP contribution in [0.15, 0.2) is 76.5 Å². The van der Waals surface area contributed by atoms with Gasteiger partial charge in [0.05, 0.1) is 13.2 Å². The average Bonchev–Trinajstić information content (AvgIpc) is 2.84. The number of nitrogens with zero attached hydrogens (tertiary/aromatic N) is 1. The third kappa shape index (κ3) is 7.00. The van der Waals surface area contributed by atoms with Crippen molar-refractivity contribution in [2.75, 3.05) is 46.1 Å². The molecular formula is C27H29NO5S. The van der Waals surface area contributed by atoms with E-state index in [9.17, 15) is 4.79 Å². The van der Waals surface area contributed by atoms with Crippen LogP contribution in [0.2, 0.25) is 0 Å². The first-order valence-electron chi connectivity index (χ1n) is 11.3. The molecule has 0 aliphatic carbocycles. The topological polar surface area (TPSA) is 68.2 Å². The van der Waals surface area contributed by atoms with E-state index >= 15 is 0 Å². The Hall–Kier alpha value is -3.00. The van der Waals surface area contributed by atoms with Crippen molar-refractivity contribution in [3.63, 3.8) is 0 Å². The molecule has 6 nitrogen and oxygen atoms in total. The van der Waals surface area contributed by atoms with Crippen LogP contribution in [0, 0.1) is 6.92 Å². The molecule has 0 saturated carbocycles. The van der Waals surface area contributed by atoms with Gasteiger partial charge in [0.15, 0.2) is 6.61 Å². The molecule has 1 fully saturated rings. The van der Waals surface area contributed by atoms with E-state index in [1.54, 1.807) is 11.8 Å². The number of rotatable bonds is 10.